The fourth-order valence-corrected chi connectivity index (χ4v) is 1.60. The van der Waals surface area contributed by atoms with Gasteiger partial charge in [0.05, 0.1) is 17.7 Å². The number of fused-ring (bicyclic) bond motifs is 1. The van der Waals surface area contributed by atoms with Crippen molar-refractivity contribution in [2.75, 3.05) is 7.11 Å². The third-order valence-electron chi connectivity index (χ3n) is 2.10. The Hall–Kier alpha value is -1.76. The zero-order chi connectivity index (χ0) is 12.6. The predicted octanol–water partition coefficient (Wildman–Crippen LogP) is 2.11. The molecule has 2 heterocycles. The fraction of sp³-hybridized carbons (Fsp3) is 0.222. The molecule has 0 unspecified atom stereocenters. The molecule has 90 valence electrons. The van der Waals surface area contributed by atoms with E-state index in [0.29, 0.717) is 0 Å². The average molecular weight is 262 g/mol. The van der Waals surface area contributed by atoms with Crippen molar-refractivity contribution in [3.05, 3.63) is 28.7 Å². The standard InChI is InChI=1S/C9H6ClF2N3O2/c1-17-9(16)4-2-5(10)7-13-14-8(6(11)12)15(7)3-4/h2-3,6H,1H3. The molecule has 0 aromatic carbocycles. The molecule has 0 N–H and O–H groups in total. The molecule has 0 spiro atoms. The summed E-state index contributed by atoms with van der Waals surface area (Å²) in [5.41, 5.74) is 0.112. The molecular formula is C9H6ClF2N3O2. The van der Waals surface area contributed by atoms with Gasteiger partial charge in [-0.05, 0) is 6.07 Å². The van der Waals surface area contributed by atoms with Crippen molar-refractivity contribution < 1.29 is 18.3 Å². The van der Waals surface area contributed by atoms with E-state index in [-0.39, 0.29) is 16.2 Å². The van der Waals surface area contributed by atoms with Gasteiger partial charge in [0.1, 0.15) is 0 Å². The maximum absolute atomic E-state index is 12.6. The van der Waals surface area contributed by atoms with Gasteiger partial charge in [-0.25, -0.2) is 13.6 Å². The maximum atomic E-state index is 12.6. The highest BCUT2D eigenvalue weighted by molar-refractivity contribution is 6.33. The van der Waals surface area contributed by atoms with Crippen molar-refractivity contribution >= 4 is 23.2 Å². The van der Waals surface area contributed by atoms with Gasteiger partial charge in [0.25, 0.3) is 6.43 Å². The van der Waals surface area contributed by atoms with Crippen molar-refractivity contribution in [1.82, 2.24) is 14.6 Å². The van der Waals surface area contributed by atoms with Crippen molar-refractivity contribution in [3.63, 3.8) is 0 Å². The van der Waals surface area contributed by atoms with E-state index < -0.39 is 18.2 Å². The van der Waals surface area contributed by atoms with Gasteiger partial charge in [-0.3, -0.25) is 4.40 Å². The number of ether oxygens (including phenoxy) is 1. The molecule has 8 heteroatoms. The van der Waals surface area contributed by atoms with Crippen LogP contribution in [-0.2, 0) is 4.74 Å². The highest BCUT2D eigenvalue weighted by Crippen LogP contribution is 2.23. The minimum Gasteiger partial charge on any atom is -0.465 e. The number of halogens is 3. The molecule has 5 nitrogen and oxygen atoms in total. The summed E-state index contributed by atoms with van der Waals surface area (Å²) < 4.78 is 30.6. The Kier molecular flexibility index (Phi) is 2.93. The van der Waals surface area contributed by atoms with Gasteiger partial charge in [0, 0.05) is 6.20 Å². The molecule has 0 atom stereocenters. The van der Waals surface area contributed by atoms with Gasteiger partial charge >= 0.3 is 5.97 Å². The summed E-state index contributed by atoms with van der Waals surface area (Å²) in [6.07, 6.45) is -1.65. The van der Waals surface area contributed by atoms with E-state index >= 15 is 0 Å². The summed E-state index contributed by atoms with van der Waals surface area (Å²) >= 11 is 5.81. The minimum atomic E-state index is -2.81. The van der Waals surface area contributed by atoms with Crippen LogP contribution in [0.25, 0.3) is 5.65 Å². The first-order valence-corrected chi connectivity index (χ1v) is 4.83. The number of carbonyl (C=O) groups excluding carboxylic acids is 1. The fourth-order valence-electron chi connectivity index (χ4n) is 1.35. The topological polar surface area (TPSA) is 56.5 Å². The predicted molar refractivity (Wildman–Crippen MR) is 54.3 cm³/mol. The molecule has 2 rings (SSSR count). The number of pyridine rings is 1. The van der Waals surface area contributed by atoms with E-state index in [9.17, 15) is 13.6 Å². The molecule has 0 aliphatic carbocycles. The number of aromatic nitrogens is 3. The number of nitrogens with zero attached hydrogens (tertiary/aromatic N) is 3. The molecule has 2 aromatic rings. The van der Waals surface area contributed by atoms with Crippen LogP contribution < -0.4 is 0 Å². The van der Waals surface area contributed by atoms with Crippen molar-refractivity contribution in [3.8, 4) is 0 Å². The second kappa shape index (κ2) is 4.25. The summed E-state index contributed by atoms with van der Waals surface area (Å²) in [5.74, 6) is -1.25. The lowest BCUT2D eigenvalue weighted by atomic mass is 10.3. The highest BCUT2D eigenvalue weighted by Gasteiger charge is 2.19. The maximum Gasteiger partial charge on any atom is 0.339 e. The number of hydrogen-bond donors (Lipinski definition) is 0. The Labute approximate surface area is 99.0 Å². The van der Waals surface area contributed by atoms with E-state index in [1.807, 2.05) is 0 Å². The monoisotopic (exact) mass is 261 g/mol. The van der Waals surface area contributed by atoms with Gasteiger partial charge in [-0.2, -0.15) is 0 Å². The zero-order valence-corrected chi connectivity index (χ0v) is 9.28. The summed E-state index contributed by atoms with van der Waals surface area (Å²) in [6, 6.07) is 1.28. The quantitative estimate of drug-likeness (QED) is 0.777. The first-order valence-electron chi connectivity index (χ1n) is 4.45. The SMILES string of the molecule is COC(=O)c1cc(Cl)c2nnc(C(F)F)n2c1. The molecule has 0 radical (unpaired) electrons. The second-order valence-corrected chi connectivity index (χ2v) is 3.53. The minimum absolute atomic E-state index is 0.0479. The Morgan fingerprint density at radius 1 is 1.53 bits per heavy atom. The Morgan fingerprint density at radius 2 is 2.24 bits per heavy atom. The second-order valence-electron chi connectivity index (χ2n) is 3.12. The molecule has 0 aliphatic rings. The van der Waals surface area contributed by atoms with Crippen LogP contribution in [0.1, 0.15) is 22.6 Å². The number of rotatable bonds is 2. The molecule has 0 fully saturated rings. The number of methoxy groups -OCH3 is 1. The molecule has 0 saturated carbocycles. The molecule has 0 amide bonds. The van der Waals surface area contributed by atoms with E-state index in [2.05, 4.69) is 14.9 Å². The van der Waals surface area contributed by atoms with Gasteiger partial charge in [0.15, 0.2) is 5.65 Å². The first-order chi connectivity index (χ1) is 8.04. The van der Waals surface area contributed by atoms with Crippen LogP contribution in [-0.4, -0.2) is 27.7 Å². The molecular weight excluding hydrogens is 256 g/mol. The van der Waals surface area contributed by atoms with Gasteiger partial charge in [-0.1, -0.05) is 11.6 Å². The first kappa shape index (κ1) is 11.7. The van der Waals surface area contributed by atoms with Crippen molar-refractivity contribution in [2.24, 2.45) is 0 Å². The zero-order valence-electron chi connectivity index (χ0n) is 8.52. The van der Waals surface area contributed by atoms with Crippen LogP contribution in [0, 0.1) is 0 Å². The summed E-state index contributed by atoms with van der Waals surface area (Å²) in [4.78, 5) is 11.3. The summed E-state index contributed by atoms with van der Waals surface area (Å²) in [7, 11) is 1.18. The average Bonchev–Trinajstić information content (AvgIpc) is 2.72. The lowest BCUT2D eigenvalue weighted by molar-refractivity contribution is 0.0599. The van der Waals surface area contributed by atoms with Gasteiger partial charge < -0.3 is 4.74 Å². The Bertz CT molecular complexity index is 585. The summed E-state index contributed by atoms with van der Waals surface area (Å²) in [6.45, 7) is 0. The molecule has 17 heavy (non-hydrogen) atoms. The third kappa shape index (κ3) is 1.93. The smallest absolute Gasteiger partial charge is 0.339 e. The third-order valence-corrected chi connectivity index (χ3v) is 2.38. The van der Waals surface area contributed by atoms with Crippen molar-refractivity contribution in [2.45, 2.75) is 6.43 Å². The van der Waals surface area contributed by atoms with Crippen LogP contribution >= 0.6 is 11.6 Å². The van der Waals surface area contributed by atoms with E-state index in [1.54, 1.807) is 0 Å². The Morgan fingerprint density at radius 3 is 2.82 bits per heavy atom. The number of esters is 1. The lowest BCUT2D eigenvalue weighted by Crippen LogP contribution is -2.04. The lowest BCUT2D eigenvalue weighted by Gasteiger charge is -2.03. The van der Waals surface area contributed by atoms with Crippen LogP contribution in [0.5, 0.6) is 0 Å². The Balaban J connectivity index is 2.69. The van der Waals surface area contributed by atoms with Crippen LogP contribution in [0.2, 0.25) is 5.02 Å². The van der Waals surface area contributed by atoms with E-state index in [4.69, 9.17) is 11.6 Å². The molecule has 0 aliphatic heterocycles. The van der Waals surface area contributed by atoms with E-state index in [0.717, 1.165) is 10.6 Å². The van der Waals surface area contributed by atoms with Crippen LogP contribution in [0.4, 0.5) is 8.78 Å². The molecule has 0 saturated heterocycles. The van der Waals surface area contributed by atoms with Crippen molar-refractivity contribution in [1.29, 1.82) is 0 Å². The van der Waals surface area contributed by atoms with E-state index in [1.165, 1.54) is 13.2 Å². The van der Waals surface area contributed by atoms with Crippen LogP contribution in [0.3, 0.4) is 0 Å². The van der Waals surface area contributed by atoms with Crippen LogP contribution in [0.15, 0.2) is 12.3 Å². The van der Waals surface area contributed by atoms with Gasteiger partial charge in [0.2, 0.25) is 5.82 Å². The number of alkyl halides is 2. The molecule has 0 bridgehead atoms. The highest BCUT2D eigenvalue weighted by atomic mass is 35.5. The largest absolute Gasteiger partial charge is 0.465 e. The van der Waals surface area contributed by atoms with Gasteiger partial charge in [-0.15, -0.1) is 10.2 Å². The summed E-state index contributed by atoms with van der Waals surface area (Å²) in [5, 5.41) is 6.87. The normalized spacial score (nSPS) is 11.1. The number of carbonyl (C=O) groups is 1. The number of hydrogen-bond acceptors (Lipinski definition) is 4. The molecule has 2 aromatic heterocycles.